The van der Waals surface area contributed by atoms with Gasteiger partial charge in [0.1, 0.15) is 15.8 Å². The first-order valence-corrected chi connectivity index (χ1v) is 12.1. The van der Waals surface area contributed by atoms with Crippen molar-refractivity contribution in [2.75, 3.05) is 13.2 Å². The van der Waals surface area contributed by atoms with Crippen molar-refractivity contribution in [3.63, 3.8) is 0 Å². The van der Waals surface area contributed by atoms with Crippen molar-refractivity contribution in [3.05, 3.63) is 99.9 Å². The molecule has 0 atom stereocenters. The van der Waals surface area contributed by atoms with Gasteiger partial charge < -0.3 is 9.47 Å². The highest BCUT2D eigenvalue weighted by atomic mass is 35.5. The Hall–Kier alpha value is -2.80. The molecule has 0 radical (unpaired) electrons. The first-order chi connectivity index (χ1) is 16.1. The lowest BCUT2D eigenvalue weighted by molar-refractivity contribution is -0.122. The summed E-state index contributed by atoms with van der Waals surface area (Å²) in [5, 5.41) is 0.598. The van der Waals surface area contributed by atoms with Crippen molar-refractivity contribution in [3.8, 4) is 11.5 Å². The average molecular weight is 496 g/mol. The predicted molar refractivity (Wildman–Crippen MR) is 139 cm³/mol. The molecule has 0 saturated carbocycles. The number of amides is 1. The fourth-order valence-corrected chi connectivity index (χ4v) is 4.69. The summed E-state index contributed by atoms with van der Waals surface area (Å²) in [5.74, 6) is 1.34. The molecule has 1 aliphatic heterocycles. The van der Waals surface area contributed by atoms with E-state index in [-0.39, 0.29) is 5.91 Å². The van der Waals surface area contributed by atoms with E-state index in [1.54, 1.807) is 11.0 Å². The third-order valence-corrected chi connectivity index (χ3v) is 6.55. The largest absolute Gasteiger partial charge is 0.493 e. The summed E-state index contributed by atoms with van der Waals surface area (Å²) in [6, 6.07) is 24.9. The Morgan fingerprint density at radius 2 is 1.70 bits per heavy atom. The van der Waals surface area contributed by atoms with Crippen molar-refractivity contribution in [1.82, 2.24) is 4.90 Å². The van der Waals surface area contributed by atoms with Crippen LogP contribution in [-0.4, -0.2) is 28.3 Å². The van der Waals surface area contributed by atoms with Gasteiger partial charge in [-0.2, -0.15) is 0 Å². The minimum Gasteiger partial charge on any atom is -0.493 e. The molecule has 4 rings (SSSR count). The van der Waals surface area contributed by atoms with Crippen LogP contribution in [0.4, 0.5) is 0 Å². The zero-order valence-electron chi connectivity index (χ0n) is 17.8. The molecule has 1 heterocycles. The highest BCUT2D eigenvalue weighted by Crippen LogP contribution is 2.34. The van der Waals surface area contributed by atoms with Gasteiger partial charge in [-0.1, -0.05) is 90.2 Å². The number of para-hydroxylation sites is 1. The molecule has 168 valence electrons. The smallest absolute Gasteiger partial charge is 0.266 e. The highest BCUT2D eigenvalue weighted by Gasteiger charge is 2.31. The monoisotopic (exact) mass is 495 g/mol. The number of thioether (sulfide) groups is 1. The standard InChI is InChI=1S/C26H22ClNO3S2/c27-22-12-4-5-13-23(22)31-15-7-14-30-21-11-6-10-20(16-21)17-24-25(29)28(26(32)33-24)18-19-8-2-1-3-9-19/h1-6,8-13,16-17H,7,14-15,18H2/b24-17-. The topological polar surface area (TPSA) is 38.8 Å². The molecule has 0 unspecified atom stereocenters. The molecule has 0 aliphatic carbocycles. The van der Waals surface area contributed by atoms with Gasteiger partial charge in [0.15, 0.2) is 0 Å². The molecular weight excluding hydrogens is 474 g/mol. The maximum atomic E-state index is 12.9. The molecule has 4 nitrogen and oxygen atoms in total. The Labute approximate surface area is 208 Å². The maximum absolute atomic E-state index is 12.9. The van der Waals surface area contributed by atoms with E-state index in [0.717, 1.165) is 16.9 Å². The van der Waals surface area contributed by atoms with E-state index in [1.165, 1.54) is 11.8 Å². The van der Waals surface area contributed by atoms with Gasteiger partial charge in [-0.15, -0.1) is 0 Å². The highest BCUT2D eigenvalue weighted by molar-refractivity contribution is 8.26. The zero-order chi connectivity index (χ0) is 23.0. The number of hydrogen-bond acceptors (Lipinski definition) is 5. The molecule has 0 spiro atoms. The van der Waals surface area contributed by atoms with Crippen molar-refractivity contribution in [2.24, 2.45) is 0 Å². The number of thiocarbonyl (C=S) groups is 1. The number of ether oxygens (including phenoxy) is 2. The second-order valence-corrected chi connectivity index (χ2v) is 9.39. The Bertz CT molecular complexity index is 1170. The van der Waals surface area contributed by atoms with E-state index in [0.29, 0.717) is 46.2 Å². The van der Waals surface area contributed by atoms with Crippen molar-refractivity contribution in [2.45, 2.75) is 13.0 Å². The zero-order valence-corrected chi connectivity index (χ0v) is 20.2. The summed E-state index contributed by atoms with van der Waals surface area (Å²) in [5.41, 5.74) is 1.93. The Kier molecular flexibility index (Phi) is 8.05. The molecule has 1 amide bonds. The van der Waals surface area contributed by atoms with Crippen LogP contribution in [-0.2, 0) is 11.3 Å². The van der Waals surface area contributed by atoms with Gasteiger partial charge >= 0.3 is 0 Å². The molecule has 0 bridgehead atoms. The van der Waals surface area contributed by atoms with Gasteiger partial charge in [-0.3, -0.25) is 9.69 Å². The number of rotatable bonds is 9. The molecule has 3 aromatic carbocycles. The van der Waals surface area contributed by atoms with Gasteiger partial charge in [0, 0.05) is 6.42 Å². The first kappa shape index (κ1) is 23.4. The molecule has 7 heteroatoms. The lowest BCUT2D eigenvalue weighted by Crippen LogP contribution is -2.27. The predicted octanol–water partition coefficient (Wildman–Crippen LogP) is 6.59. The Morgan fingerprint density at radius 1 is 0.939 bits per heavy atom. The molecule has 0 N–H and O–H groups in total. The number of nitrogens with zero attached hydrogens (tertiary/aromatic N) is 1. The summed E-state index contributed by atoms with van der Waals surface area (Å²) in [4.78, 5) is 15.1. The number of carbonyl (C=O) groups is 1. The number of carbonyl (C=O) groups excluding carboxylic acids is 1. The molecule has 0 aromatic heterocycles. The Balaban J connectivity index is 1.31. The van der Waals surface area contributed by atoms with E-state index >= 15 is 0 Å². The average Bonchev–Trinajstić information content (AvgIpc) is 3.08. The van der Waals surface area contributed by atoms with Gasteiger partial charge in [-0.05, 0) is 41.5 Å². The molecule has 1 fully saturated rings. The summed E-state index contributed by atoms with van der Waals surface area (Å²) in [6.45, 7) is 1.49. The molecule has 1 aliphatic rings. The Morgan fingerprint density at radius 3 is 2.52 bits per heavy atom. The van der Waals surface area contributed by atoms with Crippen LogP contribution in [0.2, 0.25) is 5.02 Å². The van der Waals surface area contributed by atoms with Crippen molar-refractivity contribution < 1.29 is 14.3 Å². The van der Waals surface area contributed by atoms with Crippen molar-refractivity contribution >= 4 is 51.9 Å². The molecular formula is C26H22ClNO3S2. The summed E-state index contributed by atoms with van der Waals surface area (Å²) in [7, 11) is 0. The van der Waals surface area contributed by atoms with Crippen LogP contribution < -0.4 is 9.47 Å². The summed E-state index contributed by atoms with van der Waals surface area (Å²) >= 11 is 12.9. The number of benzene rings is 3. The van der Waals surface area contributed by atoms with Gasteiger partial charge in [0.05, 0.1) is 29.7 Å². The van der Waals surface area contributed by atoms with E-state index in [9.17, 15) is 4.79 Å². The quantitative estimate of drug-likeness (QED) is 0.190. The number of halogens is 1. The summed E-state index contributed by atoms with van der Waals surface area (Å²) < 4.78 is 12.1. The fourth-order valence-electron chi connectivity index (χ4n) is 3.24. The molecule has 33 heavy (non-hydrogen) atoms. The van der Waals surface area contributed by atoms with Crippen LogP contribution in [0.5, 0.6) is 11.5 Å². The van der Waals surface area contributed by atoms with Gasteiger partial charge in [0.25, 0.3) is 5.91 Å². The first-order valence-electron chi connectivity index (χ1n) is 10.5. The number of hydrogen-bond donors (Lipinski definition) is 0. The van der Waals surface area contributed by atoms with E-state index in [4.69, 9.17) is 33.3 Å². The van der Waals surface area contributed by atoms with E-state index < -0.39 is 0 Å². The lowest BCUT2D eigenvalue weighted by Gasteiger charge is -2.14. The maximum Gasteiger partial charge on any atom is 0.266 e. The second kappa shape index (κ2) is 11.4. The van der Waals surface area contributed by atoms with Crippen LogP contribution in [0, 0.1) is 0 Å². The third kappa shape index (κ3) is 6.38. The second-order valence-electron chi connectivity index (χ2n) is 7.31. The van der Waals surface area contributed by atoms with Gasteiger partial charge in [0.2, 0.25) is 0 Å². The van der Waals surface area contributed by atoms with E-state index in [1.807, 2.05) is 78.9 Å². The van der Waals surface area contributed by atoms with E-state index in [2.05, 4.69) is 0 Å². The SMILES string of the molecule is O=C1/C(=C/c2cccc(OCCCOc3ccccc3Cl)c2)SC(=S)N1Cc1ccccc1. The fraction of sp³-hybridized carbons (Fsp3) is 0.154. The normalized spacial score (nSPS) is 14.7. The van der Waals surface area contributed by atoms with Crippen LogP contribution in [0.1, 0.15) is 17.5 Å². The lowest BCUT2D eigenvalue weighted by atomic mass is 10.2. The molecule has 3 aromatic rings. The van der Waals surface area contributed by atoms with Crippen LogP contribution in [0.3, 0.4) is 0 Å². The van der Waals surface area contributed by atoms with Crippen LogP contribution in [0.15, 0.2) is 83.8 Å². The minimum atomic E-state index is -0.0723. The minimum absolute atomic E-state index is 0.0723. The van der Waals surface area contributed by atoms with Crippen LogP contribution in [0.25, 0.3) is 6.08 Å². The molecule has 1 saturated heterocycles. The third-order valence-electron chi connectivity index (χ3n) is 4.86. The van der Waals surface area contributed by atoms with Crippen LogP contribution >= 0.6 is 35.6 Å². The summed E-state index contributed by atoms with van der Waals surface area (Å²) in [6.07, 6.45) is 2.57. The van der Waals surface area contributed by atoms with Gasteiger partial charge in [-0.25, -0.2) is 0 Å². The van der Waals surface area contributed by atoms with Crippen molar-refractivity contribution in [1.29, 1.82) is 0 Å².